The highest BCUT2D eigenvalue weighted by Crippen LogP contribution is 2.31. The third-order valence-electron chi connectivity index (χ3n) is 4.70. The lowest BCUT2D eigenvalue weighted by Gasteiger charge is -2.12. The molecule has 0 aliphatic carbocycles. The van der Waals surface area contributed by atoms with Crippen LogP contribution in [0.25, 0.3) is 22.3 Å². The van der Waals surface area contributed by atoms with Crippen molar-refractivity contribution < 1.29 is 14.2 Å². The van der Waals surface area contributed by atoms with Crippen LogP contribution in [0.1, 0.15) is 11.1 Å². The number of hydrogen-bond acceptors (Lipinski definition) is 4. The molecule has 5 nitrogen and oxygen atoms in total. The summed E-state index contributed by atoms with van der Waals surface area (Å²) in [4.78, 5) is 7.71. The second-order valence-electron chi connectivity index (χ2n) is 6.92. The number of fused-ring (bicyclic) bond motifs is 1. The third kappa shape index (κ3) is 5.00. The first-order valence-electron chi connectivity index (χ1n) is 9.74. The van der Waals surface area contributed by atoms with Gasteiger partial charge in [-0.1, -0.05) is 41.9 Å². The molecule has 0 bridgehead atoms. The van der Waals surface area contributed by atoms with Crippen molar-refractivity contribution >= 4 is 22.6 Å². The van der Waals surface area contributed by atoms with Crippen LogP contribution >= 0.6 is 11.6 Å². The average molecular weight is 423 g/mol. The van der Waals surface area contributed by atoms with Crippen LogP contribution in [-0.2, 0) is 22.7 Å². The molecule has 0 atom stereocenters. The van der Waals surface area contributed by atoms with Gasteiger partial charge in [0.05, 0.1) is 24.8 Å². The molecule has 1 N–H and O–H groups in total. The van der Waals surface area contributed by atoms with Gasteiger partial charge < -0.3 is 19.2 Å². The predicted octanol–water partition coefficient (Wildman–Crippen LogP) is 5.63. The predicted molar refractivity (Wildman–Crippen MR) is 119 cm³/mol. The zero-order chi connectivity index (χ0) is 20.8. The van der Waals surface area contributed by atoms with Gasteiger partial charge in [0, 0.05) is 30.0 Å². The van der Waals surface area contributed by atoms with E-state index in [2.05, 4.69) is 16.0 Å². The monoisotopic (exact) mass is 422 g/mol. The van der Waals surface area contributed by atoms with E-state index in [1.165, 1.54) is 0 Å². The van der Waals surface area contributed by atoms with Gasteiger partial charge in [-0.2, -0.15) is 0 Å². The zero-order valence-corrected chi connectivity index (χ0v) is 17.5. The Morgan fingerprint density at radius 3 is 2.60 bits per heavy atom. The lowest BCUT2D eigenvalue weighted by atomic mass is 10.1. The Kier molecular flexibility index (Phi) is 6.64. The molecule has 2 aromatic carbocycles. The number of methoxy groups -OCH3 is 1. The molecule has 0 fully saturated rings. The molecular weight excluding hydrogens is 400 g/mol. The van der Waals surface area contributed by atoms with E-state index in [0.29, 0.717) is 31.5 Å². The molecule has 0 unspecified atom stereocenters. The number of aromatic amines is 1. The van der Waals surface area contributed by atoms with E-state index < -0.39 is 0 Å². The molecular formula is C24H23ClN2O3. The second-order valence-corrected chi connectivity index (χ2v) is 7.33. The van der Waals surface area contributed by atoms with E-state index in [-0.39, 0.29) is 0 Å². The molecule has 4 aromatic rings. The van der Waals surface area contributed by atoms with Crippen molar-refractivity contribution in [1.82, 2.24) is 9.97 Å². The Balaban J connectivity index is 1.62. The number of halogens is 1. The summed E-state index contributed by atoms with van der Waals surface area (Å²) in [6.45, 7) is 2.06. The molecule has 0 saturated heterocycles. The van der Waals surface area contributed by atoms with Gasteiger partial charge >= 0.3 is 0 Å². The molecule has 0 radical (unpaired) electrons. The molecule has 2 heterocycles. The van der Waals surface area contributed by atoms with Crippen LogP contribution in [0.3, 0.4) is 0 Å². The molecule has 30 heavy (non-hydrogen) atoms. The number of pyridine rings is 1. The highest BCUT2D eigenvalue weighted by atomic mass is 35.5. The van der Waals surface area contributed by atoms with E-state index in [9.17, 15) is 0 Å². The minimum Gasteiger partial charge on any atom is -0.489 e. The van der Waals surface area contributed by atoms with Crippen molar-refractivity contribution in [2.24, 2.45) is 0 Å². The number of nitrogens with one attached hydrogen (secondary N) is 1. The molecule has 0 spiro atoms. The number of rotatable bonds is 9. The number of benzene rings is 2. The second kappa shape index (κ2) is 9.76. The van der Waals surface area contributed by atoms with E-state index in [0.717, 1.165) is 39.2 Å². The maximum Gasteiger partial charge on any atom is 0.139 e. The number of aromatic nitrogens is 2. The Morgan fingerprint density at radius 1 is 0.933 bits per heavy atom. The van der Waals surface area contributed by atoms with Gasteiger partial charge in [0.2, 0.25) is 0 Å². The molecule has 4 rings (SSSR count). The van der Waals surface area contributed by atoms with Crippen molar-refractivity contribution in [3.63, 3.8) is 0 Å². The summed E-state index contributed by atoms with van der Waals surface area (Å²) in [6.07, 6.45) is 1.69. The zero-order valence-electron chi connectivity index (χ0n) is 16.7. The van der Waals surface area contributed by atoms with E-state index in [1.54, 1.807) is 19.4 Å². The quantitative estimate of drug-likeness (QED) is 0.355. The van der Waals surface area contributed by atoms with Crippen molar-refractivity contribution in [2.75, 3.05) is 20.3 Å². The first kappa shape index (κ1) is 20.4. The molecule has 6 heteroatoms. The van der Waals surface area contributed by atoms with Crippen LogP contribution in [0, 0.1) is 0 Å². The van der Waals surface area contributed by atoms with Gasteiger partial charge in [-0.3, -0.25) is 0 Å². The van der Waals surface area contributed by atoms with Crippen LogP contribution in [0.2, 0.25) is 5.02 Å². The van der Waals surface area contributed by atoms with Crippen molar-refractivity contribution in [1.29, 1.82) is 0 Å². The van der Waals surface area contributed by atoms with Crippen molar-refractivity contribution in [3.8, 4) is 17.0 Å². The molecule has 0 amide bonds. The number of ether oxygens (including phenoxy) is 3. The van der Waals surface area contributed by atoms with Gasteiger partial charge in [-0.15, -0.1) is 0 Å². The summed E-state index contributed by atoms with van der Waals surface area (Å²) in [6, 6.07) is 20.0. The van der Waals surface area contributed by atoms with Gasteiger partial charge in [-0.05, 0) is 41.5 Å². The van der Waals surface area contributed by atoms with Crippen LogP contribution in [-0.4, -0.2) is 30.3 Å². The summed E-state index contributed by atoms with van der Waals surface area (Å²) in [7, 11) is 1.66. The summed E-state index contributed by atoms with van der Waals surface area (Å²) in [5.74, 6) is 0.777. The summed E-state index contributed by atoms with van der Waals surface area (Å²) >= 11 is 6.32. The largest absolute Gasteiger partial charge is 0.489 e. The fourth-order valence-corrected chi connectivity index (χ4v) is 3.41. The first-order chi connectivity index (χ1) is 14.7. The van der Waals surface area contributed by atoms with Gasteiger partial charge in [0.25, 0.3) is 0 Å². The minimum atomic E-state index is 0.470. The fourth-order valence-electron chi connectivity index (χ4n) is 3.21. The lowest BCUT2D eigenvalue weighted by molar-refractivity contribution is 0.0616. The van der Waals surface area contributed by atoms with Crippen molar-refractivity contribution in [2.45, 2.75) is 13.2 Å². The van der Waals surface area contributed by atoms with Gasteiger partial charge in [-0.25, -0.2) is 4.98 Å². The summed E-state index contributed by atoms with van der Waals surface area (Å²) in [5.41, 5.74) is 4.80. The van der Waals surface area contributed by atoms with Crippen LogP contribution in [0.4, 0.5) is 0 Å². The number of nitrogens with zero attached hydrogens (tertiary/aromatic N) is 1. The SMILES string of the molecule is COCCOCc1cc(OCc2ccccc2)cc(-c2cc3c(Cl)ccnc3[nH]2)c1. The van der Waals surface area contributed by atoms with E-state index in [1.807, 2.05) is 48.5 Å². The van der Waals surface area contributed by atoms with E-state index in [4.69, 9.17) is 25.8 Å². The standard InChI is InChI=1S/C24H23ClN2O3/c1-28-9-10-29-15-18-11-19(23-14-21-22(25)7-8-26-24(21)27-23)13-20(12-18)30-16-17-5-3-2-4-6-17/h2-8,11-14H,9-10,15-16H2,1H3,(H,26,27). The molecule has 0 aliphatic heterocycles. The highest BCUT2D eigenvalue weighted by Gasteiger charge is 2.10. The van der Waals surface area contributed by atoms with Gasteiger partial charge in [0.15, 0.2) is 0 Å². The Bertz CT molecular complexity index is 1110. The first-order valence-corrected chi connectivity index (χ1v) is 10.1. The van der Waals surface area contributed by atoms with Crippen molar-refractivity contribution in [3.05, 3.63) is 83.0 Å². The lowest BCUT2D eigenvalue weighted by Crippen LogP contribution is -2.02. The average Bonchev–Trinajstić information content (AvgIpc) is 3.22. The Hall–Kier alpha value is -2.86. The maximum atomic E-state index is 6.32. The van der Waals surface area contributed by atoms with E-state index >= 15 is 0 Å². The molecule has 0 aliphatic rings. The Morgan fingerprint density at radius 2 is 1.80 bits per heavy atom. The minimum absolute atomic E-state index is 0.470. The fraction of sp³-hybridized carbons (Fsp3) is 0.208. The van der Waals surface area contributed by atoms with Crippen LogP contribution < -0.4 is 4.74 Å². The van der Waals surface area contributed by atoms with Crippen LogP contribution in [0.5, 0.6) is 5.75 Å². The summed E-state index contributed by atoms with van der Waals surface area (Å²) < 4.78 is 16.9. The third-order valence-corrected chi connectivity index (χ3v) is 5.03. The van der Waals surface area contributed by atoms with Crippen LogP contribution in [0.15, 0.2) is 66.9 Å². The molecule has 154 valence electrons. The molecule has 2 aromatic heterocycles. The highest BCUT2D eigenvalue weighted by molar-refractivity contribution is 6.35. The molecule has 0 saturated carbocycles. The number of H-pyrrole nitrogens is 1. The topological polar surface area (TPSA) is 56.4 Å². The number of hydrogen-bond donors (Lipinski definition) is 1. The normalized spacial score (nSPS) is 11.1. The smallest absolute Gasteiger partial charge is 0.139 e. The Labute approximate surface area is 180 Å². The maximum absolute atomic E-state index is 6.32. The summed E-state index contributed by atoms with van der Waals surface area (Å²) in [5, 5.41) is 1.56. The van der Waals surface area contributed by atoms with Gasteiger partial charge in [0.1, 0.15) is 18.0 Å².